The van der Waals surface area contributed by atoms with Crippen molar-refractivity contribution in [1.29, 1.82) is 0 Å². The van der Waals surface area contributed by atoms with Gasteiger partial charge in [0.25, 0.3) is 0 Å². The quantitative estimate of drug-likeness (QED) is 0.823. The van der Waals surface area contributed by atoms with Crippen LogP contribution in [-0.4, -0.2) is 43.3 Å². The lowest BCUT2D eigenvalue weighted by atomic mass is 10.1. The zero-order chi connectivity index (χ0) is 13.7. The molecule has 1 fully saturated rings. The molecule has 0 saturated carbocycles. The fourth-order valence-electron chi connectivity index (χ4n) is 2.63. The van der Waals surface area contributed by atoms with E-state index in [1.165, 1.54) is 19.5 Å². The van der Waals surface area contributed by atoms with E-state index < -0.39 is 0 Å². The predicted octanol–water partition coefficient (Wildman–Crippen LogP) is 1.83. The first-order valence-electron chi connectivity index (χ1n) is 7.02. The van der Waals surface area contributed by atoms with Gasteiger partial charge in [-0.05, 0) is 49.7 Å². The summed E-state index contributed by atoms with van der Waals surface area (Å²) < 4.78 is 5.03. The van der Waals surface area contributed by atoms with E-state index in [1.807, 2.05) is 6.07 Å². The summed E-state index contributed by atoms with van der Waals surface area (Å²) in [6.07, 6.45) is 1.29. The highest BCUT2D eigenvalue weighted by Crippen LogP contribution is 2.26. The molecule has 19 heavy (non-hydrogen) atoms. The van der Waals surface area contributed by atoms with E-state index in [-0.39, 0.29) is 5.75 Å². The van der Waals surface area contributed by atoms with Gasteiger partial charge in [0.2, 0.25) is 0 Å². The number of phenols is 1. The molecule has 106 valence electrons. The van der Waals surface area contributed by atoms with Crippen molar-refractivity contribution in [3.8, 4) is 11.5 Å². The molecule has 1 aliphatic rings. The maximum Gasteiger partial charge on any atom is 0.160 e. The van der Waals surface area contributed by atoms with Crippen LogP contribution in [0.3, 0.4) is 0 Å². The molecule has 1 heterocycles. The monoisotopic (exact) mass is 264 g/mol. The topological polar surface area (TPSA) is 44.7 Å². The van der Waals surface area contributed by atoms with E-state index in [1.54, 1.807) is 19.2 Å². The molecule has 2 rings (SSSR count). The number of nitrogens with zero attached hydrogens (tertiary/aromatic N) is 1. The van der Waals surface area contributed by atoms with Gasteiger partial charge >= 0.3 is 0 Å². The van der Waals surface area contributed by atoms with Gasteiger partial charge in [0.15, 0.2) is 11.5 Å². The average molecular weight is 264 g/mol. The minimum atomic E-state index is 0.208. The maximum atomic E-state index is 9.71. The Morgan fingerprint density at radius 2 is 2.32 bits per heavy atom. The average Bonchev–Trinajstić information content (AvgIpc) is 2.87. The second-order valence-electron chi connectivity index (χ2n) is 5.19. The Bertz CT molecular complexity index is 409. The van der Waals surface area contributed by atoms with Crippen LogP contribution in [0.25, 0.3) is 0 Å². The summed E-state index contributed by atoms with van der Waals surface area (Å²) in [6, 6.07) is 5.55. The molecule has 1 aromatic carbocycles. The summed E-state index contributed by atoms with van der Waals surface area (Å²) in [4.78, 5) is 2.49. The van der Waals surface area contributed by atoms with Crippen molar-refractivity contribution in [1.82, 2.24) is 10.2 Å². The van der Waals surface area contributed by atoms with Crippen molar-refractivity contribution in [2.45, 2.75) is 19.9 Å². The second-order valence-corrected chi connectivity index (χ2v) is 5.19. The smallest absolute Gasteiger partial charge is 0.160 e. The molecule has 0 aromatic heterocycles. The Morgan fingerprint density at radius 1 is 1.47 bits per heavy atom. The first-order chi connectivity index (χ1) is 9.22. The normalized spacial score (nSPS) is 19.8. The minimum Gasteiger partial charge on any atom is -0.504 e. The van der Waals surface area contributed by atoms with Crippen molar-refractivity contribution < 1.29 is 9.84 Å². The Hall–Kier alpha value is -1.26. The highest BCUT2D eigenvalue weighted by atomic mass is 16.5. The zero-order valence-corrected chi connectivity index (χ0v) is 11.9. The number of ether oxygens (including phenoxy) is 1. The molecule has 1 aliphatic heterocycles. The number of hydrogen-bond donors (Lipinski definition) is 2. The number of hydrogen-bond acceptors (Lipinski definition) is 4. The van der Waals surface area contributed by atoms with Crippen LogP contribution in [0.2, 0.25) is 0 Å². The number of methoxy groups -OCH3 is 1. The maximum absolute atomic E-state index is 9.71. The largest absolute Gasteiger partial charge is 0.504 e. The molecular weight excluding hydrogens is 240 g/mol. The van der Waals surface area contributed by atoms with Crippen molar-refractivity contribution in [2.24, 2.45) is 5.92 Å². The number of benzene rings is 1. The predicted molar refractivity (Wildman–Crippen MR) is 76.6 cm³/mol. The molecule has 0 aliphatic carbocycles. The number of aromatic hydroxyl groups is 1. The molecule has 1 unspecified atom stereocenters. The van der Waals surface area contributed by atoms with Crippen LogP contribution in [0.4, 0.5) is 0 Å². The SMILES string of the molecule is CCN1CCC(CNCc2ccc(OC)c(O)c2)C1. The lowest BCUT2D eigenvalue weighted by Gasteiger charge is -2.14. The zero-order valence-electron chi connectivity index (χ0n) is 11.9. The van der Waals surface area contributed by atoms with E-state index in [0.29, 0.717) is 5.75 Å². The molecule has 4 heteroatoms. The summed E-state index contributed by atoms with van der Waals surface area (Å²) in [5.74, 6) is 1.49. The van der Waals surface area contributed by atoms with Crippen molar-refractivity contribution in [3.63, 3.8) is 0 Å². The van der Waals surface area contributed by atoms with Crippen LogP contribution in [0, 0.1) is 5.92 Å². The highest BCUT2D eigenvalue weighted by molar-refractivity contribution is 5.41. The number of nitrogens with one attached hydrogen (secondary N) is 1. The van der Waals surface area contributed by atoms with Gasteiger partial charge in [-0.2, -0.15) is 0 Å². The van der Waals surface area contributed by atoms with Gasteiger partial charge in [0.05, 0.1) is 7.11 Å². The van der Waals surface area contributed by atoms with E-state index in [4.69, 9.17) is 4.74 Å². The number of rotatable bonds is 6. The molecule has 0 bridgehead atoms. The molecule has 0 amide bonds. The summed E-state index contributed by atoms with van der Waals surface area (Å²) >= 11 is 0. The van der Waals surface area contributed by atoms with Gasteiger partial charge in [-0.3, -0.25) is 0 Å². The van der Waals surface area contributed by atoms with Gasteiger partial charge in [-0.15, -0.1) is 0 Å². The van der Waals surface area contributed by atoms with Gasteiger partial charge in [-0.25, -0.2) is 0 Å². The summed E-state index contributed by atoms with van der Waals surface area (Å²) in [5, 5.41) is 13.2. The van der Waals surface area contributed by atoms with Crippen LogP contribution in [-0.2, 0) is 6.54 Å². The lowest BCUT2D eigenvalue weighted by Crippen LogP contribution is -2.26. The van der Waals surface area contributed by atoms with Crippen LogP contribution < -0.4 is 10.1 Å². The van der Waals surface area contributed by atoms with E-state index in [2.05, 4.69) is 17.1 Å². The van der Waals surface area contributed by atoms with Crippen molar-refractivity contribution >= 4 is 0 Å². The molecule has 2 N–H and O–H groups in total. The lowest BCUT2D eigenvalue weighted by molar-refractivity contribution is 0.339. The fraction of sp³-hybridized carbons (Fsp3) is 0.600. The number of phenolic OH excluding ortho intramolecular Hbond substituents is 1. The first-order valence-corrected chi connectivity index (χ1v) is 7.02. The molecule has 1 saturated heterocycles. The summed E-state index contributed by atoms with van der Waals surface area (Å²) in [6.45, 7) is 7.64. The molecule has 0 radical (unpaired) electrons. The highest BCUT2D eigenvalue weighted by Gasteiger charge is 2.20. The number of likely N-dealkylation sites (tertiary alicyclic amines) is 1. The summed E-state index contributed by atoms with van der Waals surface area (Å²) in [5.41, 5.74) is 1.09. The second kappa shape index (κ2) is 6.78. The molecule has 0 spiro atoms. The van der Waals surface area contributed by atoms with Gasteiger partial charge in [0, 0.05) is 13.1 Å². The van der Waals surface area contributed by atoms with Gasteiger partial charge in [0.1, 0.15) is 0 Å². The Morgan fingerprint density at radius 3 is 2.95 bits per heavy atom. The standard InChI is InChI=1S/C15H24N2O2/c1-3-17-7-6-13(11-17)10-16-9-12-4-5-15(19-2)14(18)8-12/h4-5,8,13,16,18H,3,6-7,9-11H2,1-2H3. The fourth-order valence-corrected chi connectivity index (χ4v) is 2.63. The van der Waals surface area contributed by atoms with Crippen molar-refractivity contribution in [3.05, 3.63) is 23.8 Å². The van der Waals surface area contributed by atoms with Crippen LogP contribution in [0.15, 0.2) is 18.2 Å². The Balaban J connectivity index is 1.75. The van der Waals surface area contributed by atoms with E-state index >= 15 is 0 Å². The van der Waals surface area contributed by atoms with Crippen LogP contribution in [0.5, 0.6) is 11.5 Å². The van der Waals surface area contributed by atoms with Gasteiger partial charge < -0.3 is 20.1 Å². The molecule has 1 atom stereocenters. The van der Waals surface area contributed by atoms with Crippen LogP contribution >= 0.6 is 0 Å². The first kappa shape index (κ1) is 14.2. The van der Waals surface area contributed by atoms with Crippen molar-refractivity contribution in [2.75, 3.05) is 33.3 Å². The Kier molecular flexibility index (Phi) is 5.05. The summed E-state index contributed by atoms with van der Waals surface area (Å²) in [7, 11) is 1.56. The Labute approximate surface area is 115 Å². The van der Waals surface area contributed by atoms with Gasteiger partial charge in [-0.1, -0.05) is 13.0 Å². The van der Waals surface area contributed by atoms with E-state index in [0.717, 1.165) is 31.1 Å². The third-order valence-corrected chi connectivity index (χ3v) is 3.82. The third-order valence-electron chi connectivity index (χ3n) is 3.82. The molecule has 4 nitrogen and oxygen atoms in total. The molecule has 1 aromatic rings. The molecular formula is C15H24N2O2. The minimum absolute atomic E-state index is 0.208. The van der Waals surface area contributed by atoms with Crippen LogP contribution in [0.1, 0.15) is 18.9 Å². The van der Waals surface area contributed by atoms with E-state index in [9.17, 15) is 5.11 Å². The third kappa shape index (κ3) is 3.85.